The first kappa shape index (κ1) is 23.8. The van der Waals surface area contributed by atoms with Gasteiger partial charge >= 0.3 is 5.97 Å². The molecule has 3 amide bonds. The van der Waals surface area contributed by atoms with Crippen LogP contribution in [-0.2, 0) is 19.2 Å². The number of carbonyl (C=O) groups excluding carboxylic acids is 3. The van der Waals surface area contributed by atoms with Crippen LogP contribution in [0, 0.1) is 0 Å². The van der Waals surface area contributed by atoms with Crippen LogP contribution in [0.5, 0.6) is 0 Å². The molecule has 2 aliphatic rings. The third kappa shape index (κ3) is 5.79. The second-order valence-corrected chi connectivity index (χ2v) is 8.70. The molecule has 2 aliphatic heterocycles. The number of hydrogen-bond acceptors (Lipinski definition) is 7. The van der Waals surface area contributed by atoms with Crippen molar-refractivity contribution in [2.24, 2.45) is 5.73 Å². The van der Waals surface area contributed by atoms with Gasteiger partial charge in [-0.3, -0.25) is 14.4 Å². The minimum Gasteiger partial charge on any atom is -0.480 e. The van der Waals surface area contributed by atoms with E-state index in [1.54, 1.807) is 16.7 Å². The van der Waals surface area contributed by atoms with Crippen molar-refractivity contribution in [3.8, 4) is 0 Å². The Morgan fingerprint density at radius 3 is 2.38 bits per heavy atom. The average molecular weight is 447 g/mol. The lowest BCUT2D eigenvalue weighted by molar-refractivity contribution is -0.148. The largest absolute Gasteiger partial charge is 0.480 e. The fourth-order valence-corrected chi connectivity index (χ4v) is 4.55. The van der Waals surface area contributed by atoms with Crippen LogP contribution in [-0.4, -0.2) is 93.6 Å². The minimum absolute atomic E-state index is 0.0411. The zero-order chi connectivity index (χ0) is 21.6. The summed E-state index contributed by atoms with van der Waals surface area (Å²) in [6, 6.07) is -3.09. The van der Waals surface area contributed by atoms with Crippen LogP contribution in [0.1, 0.15) is 32.1 Å². The fraction of sp³-hybridized carbons (Fsp3) is 0.778. The van der Waals surface area contributed by atoms with Crippen LogP contribution in [0.2, 0.25) is 0 Å². The SMILES string of the molecule is CSCCC(N)C(=O)N1CCCC1C(=O)N1CCCC1C(=O)NC(CS)C(=O)O. The first-order valence-electron chi connectivity index (χ1n) is 9.81. The van der Waals surface area contributed by atoms with Crippen molar-refractivity contribution in [1.29, 1.82) is 0 Å². The second-order valence-electron chi connectivity index (χ2n) is 7.35. The summed E-state index contributed by atoms with van der Waals surface area (Å²) in [7, 11) is 0. The standard InChI is InChI=1S/C18H30N4O5S2/c1-29-9-6-11(19)16(24)22-8-3-5-14(22)17(25)21-7-2-4-13(21)15(23)20-12(10-28)18(26)27/h11-14,28H,2-10,19H2,1H3,(H,20,23)(H,26,27). The molecule has 11 heteroatoms. The van der Waals surface area contributed by atoms with Crippen molar-refractivity contribution in [1.82, 2.24) is 15.1 Å². The highest BCUT2D eigenvalue weighted by Gasteiger charge is 2.43. The Balaban J connectivity index is 2.06. The van der Waals surface area contributed by atoms with Crippen molar-refractivity contribution >= 4 is 48.1 Å². The molecule has 0 aromatic heterocycles. The summed E-state index contributed by atoms with van der Waals surface area (Å²) in [5.74, 6) is -1.43. The third-order valence-corrected chi connectivity index (χ3v) is 6.42. The van der Waals surface area contributed by atoms with Gasteiger partial charge in [0, 0.05) is 18.8 Å². The van der Waals surface area contributed by atoms with Crippen LogP contribution in [0.15, 0.2) is 0 Å². The van der Waals surface area contributed by atoms with Gasteiger partial charge in [0.15, 0.2) is 0 Å². The van der Waals surface area contributed by atoms with Gasteiger partial charge in [-0.1, -0.05) is 0 Å². The van der Waals surface area contributed by atoms with Gasteiger partial charge in [0.25, 0.3) is 0 Å². The van der Waals surface area contributed by atoms with E-state index in [9.17, 15) is 19.2 Å². The van der Waals surface area contributed by atoms with Crippen molar-refractivity contribution in [2.75, 3.05) is 30.9 Å². The van der Waals surface area contributed by atoms with Gasteiger partial charge in [-0.2, -0.15) is 24.4 Å². The maximum atomic E-state index is 13.2. The molecule has 0 aromatic carbocycles. The summed E-state index contributed by atoms with van der Waals surface area (Å²) in [5.41, 5.74) is 6.02. The number of rotatable bonds is 9. The van der Waals surface area contributed by atoms with Crippen molar-refractivity contribution < 1.29 is 24.3 Å². The molecule has 0 radical (unpaired) electrons. The molecule has 4 unspecified atom stereocenters. The van der Waals surface area contributed by atoms with Gasteiger partial charge < -0.3 is 26.0 Å². The third-order valence-electron chi connectivity index (χ3n) is 5.41. The highest BCUT2D eigenvalue weighted by atomic mass is 32.2. The van der Waals surface area contributed by atoms with E-state index >= 15 is 0 Å². The first-order chi connectivity index (χ1) is 13.8. The van der Waals surface area contributed by atoms with Crippen molar-refractivity contribution in [2.45, 2.75) is 56.3 Å². The van der Waals surface area contributed by atoms with E-state index in [-0.39, 0.29) is 17.6 Å². The molecular weight excluding hydrogens is 416 g/mol. The average Bonchev–Trinajstić information content (AvgIpc) is 3.38. The highest BCUT2D eigenvalue weighted by molar-refractivity contribution is 7.98. The molecule has 0 aliphatic carbocycles. The molecule has 0 bridgehead atoms. The molecule has 4 atom stereocenters. The Hall–Kier alpha value is -1.46. The van der Waals surface area contributed by atoms with Gasteiger partial charge in [0.2, 0.25) is 17.7 Å². The number of thiol groups is 1. The molecular formula is C18H30N4O5S2. The number of carboxylic acids is 1. The normalized spacial score (nSPS) is 23.7. The van der Waals surface area contributed by atoms with Gasteiger partial charge in [0.05, 0.1) is 6.04 Å². The van der Waals surface area contributed by atoms with E-state index in [1.165, 1.54) is 4.90 Å². The molecule has 29 heavy (non-hydrogen) atoms. The van der Waals surface area contributed by atoms with E-state index in [0.29, 0.717) is 45.2 Å². The molecule has 2 heterocycles. The summed E-state index contributed by atoms with van der Waals surface area (Å²) < 4.78 is 0. The summed E-state index contributed by atoms with van der Waals surface area (Å²) in [5, 5.41) is 11.6. The number of carboxylic acid groups (broad SMARTS) is 1. The van der Waals surface area contributed by atoms with Crippen LogP contribution in [0.25, 0.3) is 0 Å². The van der Waals surface area contributed by atoms with Crippen LogP contribution >= 0.6 is 24.4 Å². The molecule has 164 valence electrons. The quantitative estimate of drug-likeness (QED) is 0.353. The van der Waals surface area contributed by atoms with Gasteiger partial charge in [-0.15, -0.1) is 0 Å². The number of aliphatic carboxylic acids is 1. The van der Waals surface area contributed by atoms with Gasteiger partial charge in [-0.05, 0) is 44.1 Å². The lowest BCUT2D eigenvalue weighted by Crippen LogP contribution is -2.56. The Morgan fingerprint density at radius 2 is 1.79 bits per heavy atom. The maximum Gasteiger partial charge on any atom is 0.327 e. The summed E-state index contributed by atoms with van der Waals surface area (Å²) in [6.07, 6.45) is 4.86. The van der Waals surface area contributed by atoms with E-state index in [2.05, 4.69) is 17.9 Å². The molecule has 2 rings (SSSR count). The molecule has 2 saturated heterocycles. The topological polar surface area (TPSA) is 133 Å². The molecule has 9 nitrogen and oxygen atoms in total. The van der Waals surface area contributed by atoms with Crippen molar-refractivity contribution in [3.05, 3.63) is 0 Å². The number of carbonyl (C=O) groups is 4. The number of thioether (sulfide) groups is 1. The second kappa shape index (κ2) is 11.1. The monoisotopic (exact) mass is 446 g/mol. The molecule has 0 saturated carbocycles. The molecule has 0 aromatic rings. The first-order valence-corrected chi connectivity index (χ1v) is 11.8. The number of likely N-dealkylation sites (tertiary alicyclic amines) is 2. The summed E-state index contributed by atoms with van der Waals surface area (Å²) in [6.45, 7) is 0.889. The van der Waals surface area contributed by atoms with E-state index in [1.807, 2.05) is 6.26 Å². The molecule has 0 spiro atoms. The lowest BCUT2D eigenvalue weighted by atomic mass is 10.1. The smallest absolute Gasteiger partial charge is 0.327 e. The predicted molar refractivity (Wildman–Crippen MR) is 114 cm³/mol. The minimum atomic E-state index is -1.17. The Kier molecular flexibility index (Phi) is 9.09. The number of nitrogens with two attached hydrogens (primary N) is 1. The van der Waals surface area contributed by atoms with Crippen LogP contribution in [0.4, 0.5) is 0 Å². The zero-order valence-electron chi connectivity index (χ0n) is 16.6. The predicted octanol–water partition coefficient (Wildman–Crippen LogP) is -0.452. The van der Waals surface area contributed by atoms with E-state index in [0.717, 1.165) is 5.75 Å². The van der Waals surface area contributed by atoms with Crippen LogP contribution < -0.4 is 11.1 Å². The number of hydrogen-bond donors (Lipinski definition) is 4. The van der Waals surface area contributed by atoms with Gasteiger partial charge in [0.1, 0.15) is 18.1 Å². The number of nitrogens with one attached hydrogen (secondary N) is 1. The summed E-state index contributed by atoms with van der Waals surface area (Å²) >= 11 is 5.56. The van der Waals surface area contributed by atoms with Crippen LogP contribution in [0.3, 0.4) is 0 Å². The Bertz CT molecular complexity index is 635. The number of nitrogens with zero attached hydrogens (tertiary/aromatic N) is 2. The Labute approximate surface area is 180 Å². The van der Waals surface area contributed by atoms with Crippen molar-refractivity contribution in [3.63, 3.8) is 0 Å². The highest BCUT2D eigenvalue weighted by Crippen LogP contribution is 2.26. The van der Waals surface area contributed by atoms with E-state index in [4.69, 9.17) is 10.8 Å². The van der Waals surface area contributed by atoms with E-state index < -0.39 is 36.0 Å². The number of amides is 3. The Morgan fingerprint density at radius 1 is 1.17 bits per heavy atom. The fourth-order valence-electron chi connectivity index (χ4n) is 3.82. The zero-order valence-corrected chi connectivity index (χ0v) is 18.3. The summed E-state index contributed by atoms with van der Waals surface area (Å²) in [4.78, 5) is 52.7. The maximum absolute atomic E-state index is 13.2. The van der Waals surface area contributed by atoms with Gasteiger partial charge in [-0.25, -0.2) is 4.79 Å². The molecule has 4 N–H and O–H groups in total. The molecule has 2 fully saturated rings. The lowest BCUT2D eigenvalue weighted by Gasteiger charge is -2.32.